The van der Waals surface area contributed by atoms with Gasteiger partial charge in [-0.2, -0.15) is 0 Å². The number of aliphatic hydroxyl groups is 23. The fourth-order valence-corrected chi connectivity index (χ4v) is 11.9. The number of rotatable bonds is 23. The van der Waals surface area contributed by atoms with Gasteiger partial charge in [-0.3, -0.25) is 9.59 Å². The van der Waals surface area contributed by atoms with Crippen LogP contribution in [-0.2, 0) is 80.6 Å². The Kier molecular flexibility index (Phi) is 27.3. The molecule has 25 N–H and O–H groups in total. The summed E-state index contributed by atoms with van der Waals surface area (Å²) < 4.78 is 86.7. The Bertz CT molecular complexity index is 2360. The van der Waals surface area contributed by atoms with Crippen molar-refractivity contribution >= 4 is 11.8 Å². The molecule has 0 aromatic carbocycles. The van der Waals surface area contributed by atoms with Gasteiger partial charge in [-0.15, -0.1) is 0 Å². The highest BCUT2D eigenvalue weighted by molar-refractivity contribution is 5.73. The lowest BCUT2D eigenvalue weighted by molar-refractivity contribution is -0.390. The van der Waals surface area contributed by atoms with E-state index in [0.717, 1.165) is 13.8 Å². The van der Waals surface area contributed by atoms with Crippen LogP contribution < -0.4 is 10.6 Å². The van der Waals surface area contributed by atoms with Crippen LogP contribution in [0.2, 0.25) is 0 Å². The fraction of sp³-hybridized carbons (Fsp3) is 0.962. The van der Waals surface area contributed by atoms with Crippen molar-refractivity contribution in [2.45, 2.75) is 266 Å². The normalized spacial score (nSPS) is 51.2. The van der Waals surface area contributed by atoms with Crippen molar-refractivity contribution in [2.24, 2.45) is 0 Å². The third-order valence-electron chi connectivity index (χ3n) is 17.4. The molecule has 42 heteroatoms. The Hall–Kier alpha value is -2.58. The molecule has 8 aliphatic rings. The van der Waals surface area contributed by atoms with Gasteiger partial charge in [0.15, 0.2) is 50.3 Å². The number of hydrogen-bond donors (Lipinski definition) is 25. The Balaban J connectivity index is 1.08. The summed E-state index contributed by atoms with van der Waals surface area (Å²) in [6, 6.07) is -3.59. The maximum Gasteiger partial charge on any atom is 0.217 e. The first-order valence-electron chi connectivity index (χ1n) is 30.0. The van der Waals surface area contributed by atoms with Gasteiger partial charge in [0.05, 0.1) is 52.4 Å². The Morgan fingerprint density at radius 1 is 0.298 bits per heavy atom. The second kappa shape index (κ2) is 33.3. The van der Waals surface area contributed by atoms with E-state index in [1.807, 2.05) is 0 Å². The van der Waals surface area contributed by atoms with Crippen molar-refractivity contribution in [3.05, 3.63) is 0 Å². The molecule has 0 spiro atoms. The molecule has 0 bridgehead atoms. The minimum Gasteiger partial charge on any atom is -0.394 e. The highest BCUT2D eigenvalue weighted by Crippen LogP contribution is 2.38. The van der Waals surface area contributed by atoms with Crippen LogP contribution >= 0.6 is 0 Å². The van der Waals surface area contributed by atoms with E-state index in [9.17, 15) is 127 Å². The third-order valence-corrected chi connectivity index (χ3v) is 17.4. The molecule has 8 fully saturated rings. The molecule has 8 aliphatic heterocycles. The highest BCUT2D eigenvalue weighted by Gasteiger charge is 2.59. The molecule has 8 saturated heterocycles. The van der Waals surface area contributed by atoms with Gasteiger partial charge in [-0.05, 0) is 6.92 Å². The van der Waals surface area contributed by atoms with Crippen molar-refractivity contribution in [1.29, 1.82) is 0 Å². The molecule has 0 aromatic heterocycles. The molecule has 0 aromatic rings. The summed E-state index contributed by atoms with van der Waals surface area (Å²) in [5.41, 5.74) is 0. The summed E-state index contributed by atoms with van der Waals surface area (Å²) in [6.45, 7) is -3.55. The quantitative estimate of drug-likeness (QED) is 0.0452. The van der Waals surface area contributed by atoms with Crippen LogP contribution in [0.25, 0.3) is 0 Å². The maximum absolute atomic E-state index is 13.0. The second-order valence-electron chi connectivity index (χ2n) is 23.9. The number of carbonyl (C=O) groups is 2. The third kappa shape index (κ3) is 16.7. The minimum absolute atomic E-state index is 0.792. The monoisotopic (exact) mass is 1380 g/mol. The van der Waals surface area contributed by atoms with E-state index < -0.39 is 304 Å². The van der Waals surface area contributed by atoms with E-state index in [0.29, 0.717) is 0 Å². The van der Waals surface area contributed by atoms with Crippen LogP contribution in [-0.4, -0.2) is 421 Å². The lowest BCUT2D eigenvalue weighted by Crippen LogP contribution is -2.70. The molecule has 8 rings (SSSR count). The average molecular weight is 1380 g/mol. The van der Waals surface area contributed by atoms with Gasteiger partial charge in [-0.1, -0.05) is 0 Å². The highest BCUT2D eigenvalue weighted by atomic mass is 16.8. The first-order valence-corrected chi connectivity index (χ1v) is 30.0. The van der Waals surface area contributed by atoms with Gasteiger partial charge < -0.3 is 199 Å². The summed E-state index contributed by atoms with van der Waals surface area (Å²) in [7, 11) is 0. The fourth-order valence-electron chi connectivity index (χ4n) is 11.9. The number of amides is 2. The van der Waals surface area contributed by atoms with Crippen LogP contribution in [0.4, 0.5) is 0 Å². The van der Waals surface area contributed by atoms with Crippen LogP contribution in [0.15, 0.2) is 0 Å². The summed E-state index contributed by atoms with van der Waals surface area (Å²) in [5.74, 6) is -1.72. The standard InChI is InChI=1S/C52H88N2O40/c1-11-23(61)31(69)36(74)47(83-11)81-10-20-42(29(67)21(45(79)84-20)53-12(2)59)91-46-22(54-13(3)60)30(68)41(17(7-58)88-46)92-51-40(78)43(93-49-38(76)33(71)25(63)15(5-56)86-49)28(66)19(89-51)9-82-52-44(94-50-39(77)34(72)26(64)16(6-57)87-50)35(73)27(65)18(90-52)8-80-48-37(75)32(70)24(62)14(4-55)85-48/h11,14-52,55-58,61-79H,4-10H2,1-3H3,(H,53,59)(H,54,60)/t11-,14-,15-,16-,17+,18+,19+,20+,21+,22+,23+,24-,25-,26-,27+,28+,29+,30+,31+,32+,33+,34+,35-,36-,37-,38-,39-,40-,41+,42+,43-,44-,45+,46-,47+,48-,49+,50+,51-,52-/m0/s1. The van der Waals surface area contributed by atoms with E-state index in [-0.39, 0.29) is 0 Å². The molecular formula is C52H88N2O40. The van der Waals surface area contributed by atoms with E-state index in [2.05, 4.69) is 10.6 Å². The SMILES string of the molecule is CC(=O)N[C@@H]1[C@@H](O)[C@H](O[C@@H]2O[C@H](CO)[C@@H](O[C@@H]3O[C@H](CO[C@H]4O[C@H](CO[C@H]5O[C@@H](CO)[C@H](O)[C@@H](O)[C@@H]5O)[C@@H](O)[C@H](O)[C@@H]4O[C@H]4O[C@@H](CO)[C@H](O)[C@@H](O)[C@@H]4O)[C@@H](O)[C@H](O[C@H]4O[C@@H](CO)[C@H](O)[C@@H](O)[C@@H]4O)[C@@H]3O)[C@H](O)[C@H]2NC(C)=O)[C@@H](CO[C@@H]2O[C@@H](C)[C@@H](O)[C@@H](O)[C@@H]2O)O[C@H]1O. The number of hydrogen-bond acceptors (Lipinski definition) is 40. The van der Waals surface area contributed by atoms with Crippen molar-refractivity contribution in [3.63, 3.8) is 0 Å². The lowest BCUT2D eigenvalue weighted by Gasteiger charge is -2.50. The zero-order chi connectivity index (χ0) is 69.2. The van der Waals surface area contributed by atoms with Crippen LogP contribution in [0.1, 0.15) is 20.8 Å². The molecule has 0 unspecified atom stereocenters. The van der Waals surface area contributed by atoms with Crippen molar-refractivity contribution in [3.8, 4) is 0 Å². The molecule has 42 nitrogen and oxygen atoms in total. The van der Waals surface area contributed by atoms with E-state index in [1.54, 1.807) is 0 Å². The molecule has 94 heavy (non-hydrogen) atoms. The van der Waals surface area contributed by atoms with E-state index in [4.69, 9.17) is 71.1 Å². The van der Waals surface area contributed by atoms with Gasteiger partial charge in [0.2, 0.25) is 11.8 Å². The van der Waals surface area contributed by atoms with E-state index >= 15 is 0 Å². The minimum atomic E-state index is -2.40. The zero-order valence-electron chi connectivity index (χ0n) is 50.3. The van der Waals surface area contributed by atoms with Crippen LogP contribution in [0.3, 0.4) is 0 Å². The number of nitrogens with one attached hydrogen (secondary N) is 2. The van der Waals surface area contributed by atoms with Crippen molar-refractivity contribution < 1.29 is 198 Å². The molecule has 0 aliphatic carbocycles. The Morgan fingerprint density at radius 2 is 0.638 bits per heavy atom. The smallest absolute Gasteiger partial charge is 0.217 e. The number of carbonyl (C=O) groups excluding carboxylic acids is 2. The Morgan fingerprint density at radius 3 is 1.15 bits per heavy atom. The van der Waals surface area contributed by atoms with Gasteiger partial charge in [0.1, 0.15) is 189 Å². The molecule has 2 amide bonds. The van der Waals surface area contributed by atoms with Gasteiger partial charge >= 0.3 is 0 Å². The summed E-state index contributed by atoms with van der Waals surface area (Å²) in [6.07, 6.45) is -74.9. The number of ether oxygens (including phenoxy) is 15. The first-order chi connectivity index (χ1) is 44.4. The van der Waals surface area contributed by atoms with Crippen molar-refractivity contribution in [2.75, 3.05) is 46.2 Å². The largest absolute Gasteiger partial charge is 0.394 e. The van der Waals surface area contributed by atoms with Crippen molar-refractivity contribution in [1.82, 2.24) is 10.6 Å². The molecule has 40 atom stereocenters. The molecule has 0 radical (unpaired) electrons. The molecule has 0 saturated carbocycles. The lowest BCUT2D eigenvalue weighted by atomic mass is 9.94. The average Bonchev–Trinajstić information content (AvgIpc) is 1.42. The topological polar surface area (TPSA) is 662 Å². The second-order valence-corrected chi connectivity index (χ2v) is 23.9. The molecule has 8 heterocycles. The molecular weight excluding hydrogens is 1290 g/mol. The predicted octanol–water partition coefficient (Wildman–Crippen LogP) is -17.1. The van der Waals surface area contributed by atoms with Gasteiger partial charge in [0.25, 0.3) is 0 Å². The number of aliphatic hydroxyl groups excluding tert-OH is 23. The van der Waals surface area contributed by atoms with Crippen LogP contribution in [0, 0.1) is 0 Å². The first kappa shape index (κ1) is 77.2. The maximum atomic E-state index is 13.0. The van der Waals surface area contributed by atoms with Gasteiger partial charge in [0, 0.05) is 13.8 Å². The predicted molar refractivity (Wildman–Crippen MR) is 286 cm³/mol. The van der Waals surface area contributed by atoms with Gasteiger partial charge in [-0.25, -0.2) is 0 Å². The Labute approximate surface area is 532 Å². The summed E-state index contributed by atoms with van der Waals surface area (Å²) >= 11 is 0. The zero-order valence-corrected chi connectivity index (χ0v) is 50.3. The summed E-state index contributed by atoms with van der Waals surface area (Å²) in [4.78, 5) is 25.2. The van der Waals surface area contributed by atoms with E-state index in [1.165, 1.54) is 6.92 Å². The molecule has 546 valence electrons. The summed E-state index contributed by atoms with van der Waals surface area (Å²) in [5, 5.41) is 254. The van der Waals surface area contributed by atoms with Crippen LogP contribution in [0.5, 0.6) is 0 Å².